The molecule has 0 saturated heterocycles. The van der Waals surface area contributed by atoms with Crippen molar-refractivity contribution in [1.82, 2.24) is 10.6 Å². The lowest BCUT2D eigenvalue weighted by molar-refractivity contribution is -0.120. The van der Waals surface area contributed by atoms with Crippen molar-refractivity contribution >= 4 is 17.5 Å². The molecule has 0 saturated carbocycles. The van der Waals surface area contributed by atoms with Gasteiger partial charge in [0.05, 0.1) is 19.4 Å². The summed E-state index contributed by atoms with van der Waals surface area (Å²) in [7, 11) is 0. The number of furan rings is 1. The van der Waals surface area contributed by atoms with Crippen molar-refractivity contribution in [3.8, 4) is 0 Å². The Labute approximate surface area is 135 Å². The van der Waals surface area contributed by atoms with Gasteiger partial charge >= 0.3 is 0 Å². The van der Waals surface area contributed by atoms with Crippen LogP contribution in [0.15, 0.2) is 47.1 Å². The lowest BCUT2D eigenvalue weighted by Gasteiger charge is -2.22. The van der Waals surface area contributed by atoms with Gasteiger partial charge in [-0.05, 0) is 35.7 Å². The highest BCUT2D eigenvalue weighted by molar-refractivity contribution is 6.30. The van der Waals surface area contributed by atoms with Crippen LogP contribution < -0.4 is 10.6 Å². The van der Waals surface area contributed by atoms with E-state index in [4.69, 9.17) is 16.0 Å². The molecule has 1 unspecified atom stereocenters. The smallest absolute Gasteiger partial charge is 0.234 e. The first kappa shape index (κ1) is 16.6. The summed E-state index contributed by atoms with van der Waals surface area (Å²) in [5, 5.41) is 6.83. The van der Waals surface area contributed by atoms with Gasteiger partial charge in [-0.1, -0.05) is 37.6 Å². The van der Waals surface area contributed by atoms with Crippen molar-refractivity contribution in [3.63, 3.8) is 0 Å². The molecule has 4 nitrogen and oxygen atoms in total. The molecule has 2 N–H and O–H groups in total. The van der Waals surface area contributed by atoms with E-state index in [9.17, 15) is 4.79 Å². The number of carbonyl (C=O) groups is 1. The number of amides is 1. The number of carbonyl (C=O) groups excluding carboxylic acids is 1. The first-order valence-corrected chi connectivity index (χ1v) is 7.72. The summed E-state index contributed by atoms with van der Waals surface area (Å²) in [5.41, 5.74) is 1.12. The van der Waals surface area contributed by atoms with Crippen LogP contribution in [0.1, 0.15) is 31.2 Å². The molecular formula is C17H21ClN2O2. The molecule has 1 amide bonds. The van der Waals surface area contributed by atoms with Gasteiger partial charge in [-0.15, -0.1) is 0 Å². The second-order valence-electron chi connectivity index (χ2n) is 5.51. The van der Waals surface area contributed by atoms with Crippen LogP contribution in [0.3, 0.4) is 0 Å². The van der Waals surface area contributed by atoms with Crippen molar-refractivity contribution in [2.45, 2.75) is 26.4 Å². The Morgan fingerprint density at radius 3 is 2.55 bits per heavy atom. The summed E-state index contributed by atoms with van der Waals surface area (Å²) >= 11 is 5.92. The fourth-order valence-corrected chi connectivity index (χ4v) is 2.40. The molecule has 2 rings (SSSR count). The van der Waals surface area contributed by atoms with Gasteiger partial charge in [0.25, 0.3) is 0 Å². The van der Waals surface area contributed by atoms with E-state index < -0.39 is 0 Å². The highest BCUT2D eigenvalue weighted by Crippen LogP contribution is 2.22. The van der Waals surface area contributed by atoms with Crippen LogP contribution in [0.2, 0.25) is 5.02 Å². The van der Waals surface area contributed by atoms with Gasteiger partial charge in [0.2, 0.25) is 5.91 Å². The van der Waals surface area contributed by atoms with E-state index in [2.05, 4.69) is 24.5 Å². The highest BCUT2D eigenvalue weighted by Gasteiger charge is 2.16. The Balaban J connectivity index is 1.86. The maximum atomic E-state index is 11.9. The molecule has 2 aromatic rings. The Morgan fingerprint density at radius 2 is 1.95 bits per heavy atom. The number of nitrogens with one attached hydrogen (secondary N) is 2. The van der Waals surface area contributed by atoms with Gasteiger partial charge in [0.1, 0.15) is 5.76 Å². The van der Waals surface area contributed by atoms with Crippen LogP contribution in [0, 0.1) is 5.92 Å². The van der Waals surface area contributed by atoms with E-state index in [-0.39, 0.29) is 18.5 Å². The third kappa shape index (κ3) is 4.90. The van der Waals surface area contributed by atoms with Crippen molar-refractivity contribution in [2.24, 2.45) is 5.92 Å². The first-order chi connectivity index (χ1) is 10.6. The van der Waals surface area contributed by atoms with E-state index in [1.54, 1.807) is 12.3 Å². The predicted octanol–water partition coefficient (Wildman–Crippen LogP) is 3.54. The molecule has 1 heterocycles. The Bertz CT molecular complexity index is 579. The lowest BCUT2D eigenvalue weighted by atomic mass is 9.96. The SMILES string of the molecule is CC(C)C(NCC(=O)NCc1ccco1)c1ccc(Cl)cc1. The van der Waals surface area contributed by atoms with Gasteiger partial charge < -0.3 is 15.1 Å². The van der Waals surface area contributed by atoms with E-state index in [1.165, 1.54) is 0 Å². The van der Waals surface area contributed by atoms with E-state index in [0.717, 1.165) is 11.3 Å². The minimum Gasteiger partial charge on any atom is -0.467 e. The standard InChI is InChI=1S/C17H21ClN2O2/c1-12(2)17(13-5-7-14(18)8-6-13)20-11-16(21)19-10-15-4-3-9-22-15/h3-9,12,17,20H,10-11H2,1-2H3,(H,19,21). The van der Waals surface area contributed by atoms with Crippen LogP contribution in [0.4, 0.5) is 0 Å². The first-order valence-electron chi connectivity index (χ1n) is 7.34. The maximum Gasteiger partial charge on any atom is 0.234 e. The molecular weight excluding hydrogens is 300 g/mol. The van der Waals surface area contributed by atoms with Crippen molar-refractivity contribution in [1.29, 1.82) is 0 Å². The van der Waals surface area contributed by atoms with Crippen LogP contribution in [0.25, 0.3) is 0 Å². The zero-order chi connectivity index (χ0) is 15.9. The van der Waals surface area contributed by atoms with Crippen molar-refractivity contribution in [3.05, 3.63) is 59.0 Å². The number of rotatable bonds is 7. The fourth-order valence-electron chi connectivity index (χ4n) is 2.27. The average molecular weight is 321 g/mol. The minimum atomic E-state index is -0.0592. The number of hydrogen-bond acceptors (Lipinski definition) is 3. The predicted molar refractivity (Wildman–Crippen MR) is 87.6 cm³/mol. The molecule has 5 heteroatoms. The van der Waals surface area contributed by atoms with Crippen LogP contribution in [-0.4, -0.2) is 12.5 Å². The number of halogens is 1. The molecule has 1 aromatic carbocycles. The molecule has 0 aliphatic heterocycles. The van der Waals surface area contributed by atoms with Gasteiger partial charge in [0, 0.05) is 11.1 Å². The summed E-state index contributed by atoms with van der Waals surface area (Å²) in [6.45, 7) is 4.90. The largest absolute Gasteiger partial charge is 0.467 e. The summed E-state index contributed by atoms with van der Waals surface area (Å²) in [5.74, 6) is 1.04. The van der Waals surface area contributed by atoms with E-state index in [0.29, 0.717) is 17.5 Å². The molecule has 0 spiro atoms. The van der Waals surface area contributed by atoms with Crippen molar-refractivity contribution < 1.29 is 9.21 Å². The molecule has 0 aliphatic rings. The minimum absolute atomic E-state index is 0.0592. The van der Waals surface area contributed by atoms with Crippen LogP contribution in [0.5, 0.6) is 0 Å². The Hall–Kier alpha value is -1.78. The quantitative estimate of drug-likeness (QED) is 0.820. The zero-order valence-corrected chi connectivity index (χ0v) is 13.6. The molecule has 118 valence electrons. The maximum absolute atomic E-state index is 11.9. The summed E-state index contributed by atoms with van der Waals surface area (Å²) in [6.07, 6.45) is 1.59. The monoisotopic (exact) mass is 320 g/mol. The molecule has 0 aliphatic carbocycles. The summed E-state index contributed by atoms with van der Waals surface area (Å²) in [4.78, 5) is 11.9. The van der Waals surface area contributed by atoms with Gasteiger partial charge in [0.15, 0.2) is 0 Å². The average Bonchev–Trinajstić information content (AvgIpc) is 3.00. The Morgan fingerprint density at radius 1 is 1.23 bits per heavy atom. The second-order valence-corrected chi connectivity index (χ2v) is 5.95. The van der Waals surface area contributed by atoms with Crippen LogP contribution >= 0.6 is 11.6 Å². The fraction of sp³-hybridized carbons (Fsp3) is 0.353. The van der Waals surface area contributed by atoms with Crippen molar-refractivity contribution in [2.75, 3.05) is 6.54 Å². The summed E-state index contributed by atoms with van der Waals surface area (Å²) < 4.78 is 5.18. The van der Waals surface area contributed by atoms with Gasteiger partial charge in [-0.3, -0.25) is 4.79 Å². The molecule has 0 radical (unpaired) electrons. The third-order valence-corrected chi connectivity index (χ3v) is 3.67. The number of benzene rings is 1. The molecule has 0 bridgehead atoms. The molecule has 0 fully saturated rings. The van der Waals surface area contributed by atoms with E-state index in [1.807, 2.05) is 30.3 Å². The topological polar surface area (TPSA) is 54.3 Å². The summed E-state index contributed by atoms with van der Waals surface area (Å²) in [6, 6.07) is 11.4. The van der Waals surface area contributed by atoms with E-state index >= 15 is 0 Å². The molecule has 1 aromatic heterocycles. The highest BCUT2D eigenvalue weighted by atomic mass is 35.5. The molecule has 22 heavy (non-hydrogen) atoms. The second kappa shape index (κ2) is 8.01. The van der Waals surface area contributed by atoms with Gasteiger partial charge in [-0.25, -0.2) is 0 Å². The lowest BCUT2D eigenvalue weighted by Crippen LogP contribution is -2.37. The zero-order valence-electron chi connectivity index (χ0n) is 12.8. The van der Waals surface area contributed by atoms with Gasteiger partial charge in [-0.2, -0.15) is 0 Å². The normalized spacial score (nSPS) is 12.4. The van der Waals surface area contributed by atoms with Crippen LogP contribution in [-0.2, 0) is 11.3 Å². The Kier molecular flexibility index (Phi) is 6.04. The third-order valence-electron chi connectivity index (χ3n) is 3.42. The number of hydrogen-bond donors (Lipinski definition) is 2. The molecule has 1 atom stereocenters.